The second kappa shape index (κ2) is 11.5. The number of aromatic nitrogens is 1. The Morgan fingerprint density at radius 2 is 1.71 bits per heavy atom. The zero-order valence-corrected chi connectivity index (χ0v) is 21.9. The summed E-state index contributed by atoms with van der Waals surface area (Å²) in [6.45, 7) is 3.05. The predicted octanol–water partition coefficient (Wildman–Crippen LogP) is 3.52. The number of methoxy groups -OCH3 is 2. The molecule has 38 heavy (non-hydrogen) atoms. The number of ether oxygens (including phenoxy) is 2. The summed E-state index contributed by atoms with van der Waals surface area (Å²) < 4.78 is 10.7. The van der Waals surface area contributed by atoms with E-state index in [4.69, 9.17) is 9.47 Å². The smallest absolute Gasteiger partial charge is 0.255 e. The van der Waals surface area contributed by atoms with Gasteiger partial charge in [-0.3, -0.25) is 9.59 Å². The van der Waals surface area contributed by atoms with E-state index in [1.165, 1.54) is 5.56 Å². The monoisotopic (exact) mass is 514 g/mol. The normalized spacial score (nSPS) is 18.6. The molecule has 2 aliphatic rings. The van der Waals surface area contributed by atoms with Crippen molar-refractivity contribution in [2.45, 2.75) is 18.8 Å². The Morgan fingerprint density at radius 1 is 0.947 bits per heavy atom. The minimum atomic E-state index is -0.157. The second-order valence-electron chi connectivity index (χ2n) is 9.74. The highest BCUT2D eigenvalue weighted by atomic mass is 16.5. The first-order chi connectivity index (χ1) is 18.6. The van der Waals surface area contributed by atoms with Crippen LogP contribution in [0, 0.1) is 5.92 Å². The van der Waals surface area contributed by atoms with Crippen LogP contribution < -0.4 is 19.7 Å². The average molecular weight is 515 g/mol. The maximum Gasteiger partial charge on any atom is 0.255 e. The summed E-state index contributed by atoms with van der Waals surface area (Å²) in [7, 11) is 3.21. The lowest BCUT2D eigenvalue weighted by molar-refractivity contribution is -0.133. The summed E-state index contributed by atoms with van der Waals surface area (Å²) in [6, 6.07) is 19.6. The predicted molar refractivity (Wildman–Crippen MR) is 146 cm³/mol. The summed E-state index contributed by atoms with van der Waals surface area (Å²) in [5.74, 6) is 2.52. The molecule has 1 N–H and O–H groups in total. The summed E-state index contributed by atoms with van der Waals surface area (Å²) in [4.78, 5) is 34.8. The van der Waals surface area contributed by atoms with Gasteiger partial charge < -0.3 is 24.6 Å². The zero-order valence-electron chi connectivity index (χ0n) is 21.9. The molecule has 1 saturated carbocycles. The van der Waals surface area contributed by atoms with E-state index < -0.39 is 0 Å². The fourth-order valence-corrected chi connectivity index (χ4v) is 5.19. The standard InChI is InChI=1S/C30H34N4O4/c1-37-26-11-10-21(19-27(26)38-2)12-14-32-29(35)23-9-6-13-31-28(23)33-15-17-34(18-16-33)30(36)25-20-24(25)22-7-4-3-5-8-22/h3-11,13,19,24-25H,12,14-18,20H2,1-2H3,(H,32,35)/t24-,25+/m0/s1. The number of hydrogen-bond donors (Lipinski definition) is 1. The number of amides is 2. The third kappa shape index (κ3) is 5.59. The molecular formula is C30H34N4O4. The molecule has 0 spiro atoms. The van der Waals surface area contributed by atoms with Crippen molar-refractivity contribution in [3.05, 3.63) is 83.6 Å². The Kier molecular flexibility index (Phi) is 7.77. The minimum Gasteiger partial charge on any atom is -0.493 e. The molecule has 0 bridgehead atoms. The summed E-state index contributed by atoms with van der Waals surface area (Å²) >= 11 is 0. The topological polar surface area (TPSA) is 84.0 Å². The van der Waals surface area contributed by atoms with E-state index >= 15 is 0 Å². The van der Waals surface area contributed by atoms with Gasteiger partial charge in [0.05, 0.1) is 19.8 Å². The molecule has 3 aromatic rings. The maximum absolute atomic E-state index is 13.1. The Labute approximate surface area is 223 Å². The molecule has 2 fully saturated rings. The van der Waals surface area contributed by atoms with Crippen molar-refractivity contribution < 1.29 is 19.1 Å². The van der Waals surface area contributed by atoms with Crippen LogP contribution in [0.15, 0.2) is 66.9 Å². The van der Waals surface area contributed by atoms with Gasteiger partial charge in [-0.15, -0.1) is 0 Å². The molecule has 1 aliphatic heterocycles. The van der Waals surface area contributed by atoms with Crippen LogP contribution in [0.1, 0.15) is 33.8 Å². The summed E-state index contributed by atoms with van der Waals surface area (Å²) in [5.41, 5.74) is 2.84. The molecule has 0 radical (unpaired) electrons. The van der Waals surface area contributed by atoms with Crippen LogP contribution in [0.4, 0.5) is 5.82 Å². The van der Waals surface area contributed by atoms with E-state index in [1.807, 2.05) is 41.3 Å². The van der Waals surface area contributed by atoms with Crippen LogP contribution in [0.5, 0.6) is 11.5 Å². The molecule has 2 amide bonds. The number of nitrogens with zero attached hydrogens (tertiary/aromatic N) is 3. The first-order valence-electron chi connectivity index (χ1n) is 13.1. The first kappa shape index (κ1) is 25.6. The lowest BCUT2D eigenvalue weighted by Crippen LogP contribution is -2.50. The van der Waals surface area contributed by atoms with Crippen molar-refractivity contribution >= 4 is 17.6 Å². The number of anilines is 1. The number of hydrogen-bond acceptors (Lipinski definition) is 6. The number of benzene rings is 2. The molecule has 5 rings (SSSR count). The molecule has 0 unspecified atom stereocenters. The van der Waals surface area contributed by atoms with Gasteiger partial charge in [-0.05, 0) is 54.2 Å². The van der Waals surface area contributed by atoms with Crippen LogP contribution in [0.2, 0.25) is 0 Å². The van der Waals surface area contributed by atoms with Gasteiger partial charge in [0.2, 0.25) is 5.91 Å². The first-order valence-corrected chi connectivity index (χ1v) is 13.1. The number of nitrogens with one attached hydrogen (secondary N) is 1. The molecule has 8 nitrogen and oxygen atoms in total. The molecule has 1 aromatic heterocycles. The molecule has 1 saturated heterocycles. The van der Waals surface area contributed by atoms with Crippen molar-refractivity contribution in [3.8, 4) is 11.5 Å². The maximum atomic E-state index is 13.1. The lowest BCUT2D eigenvalue weighted by atomic mass is 10.1. The van der Waals surface area contributed by atoms with Crippen LogP contribution in [0.3, 0.4) is 0 Å². The number of carbonyl (C=O) groups is 2. The Balaban J connectivity index is 1.15. The van der Waals surface area contributed by atoms with E-state index in [0.29, 0.717) is 67.9 Å². The van der Waals surface area contributed by atoms with Gasteiger partial charge in [-0.1, -0.05) is 36.4 Å². The van der Waals surface area contributed by atoms with Crippen LogP contribution in [-0.4, -0.2) is 68.6 Å². The van der Waals surface area contributed by atoms with E-state index in [-0.39, 0.29) is 17.7 Å². The molecular weight excluding hydrogens is 480 g/mol. The van der Waals surface area contributed by atoms with Gasteiger partial charge in [-0.2, -0.15) is 0 Å². The quantitative estimate of drug-likeness (QED) is 0.471. The van der Waals surface area contributed by atoms with Gasteiger partial charge >= 0.3 is 0 Å². The largest absolute Gasteiger partial charge is 0.493 e. The van der Waals surface area contributed by atoms with Gasteiger partial charge in [-0.25, -0.2) is 4.98 Å². The summed E-state index contributed by atoms with van der Waals surface area (Å²) in [6.07, 6.45) is 3.30. The molecule has 2 aromatic carbocycles. The van der Waals surface area contributed by atoms with E-state index in [2.05, 4.69) is 27.3 Å². The number of carbonyl (C=O) groups excluding carboxylic acids is 2. The van der Waals surface area contributed by atoms with Crippen molar-refractivity contribution in [1.82, 2.24) is 15.2 Å². The minimum absolute atomic E-state index is 0.0887. The zero-order chi connectivity index (χ0) is 26.5. The Bertz CT molecular complexity index is 1270. The third-order valence-corrected chi connectivity index (χ3v) is 7.40. The van der Waals surface area contributed by atoms with Gasteiger partial charge in [0.15, 0.2) is 11.5 Å². The fraction of sp³-hybridized carbons (Fsp3) is 0.367. The average Bonchev–Trinajstić information content (AvgIpc) is 3.78. The molecule has 8 heteroatoms. The lowest BCUT2D eigenvalue weighted by Gasteiger charge is -2.36. The Hall–Kier alpha value is -4.07. The number of piperazine rings is 1. The van der Waals surface area contributed by atoms with E-state index in [9.17, 15) is 9.59 Å². The number of pyridine rings is 1. The number of rotatable bonds is 9. The van der Waals surface area contributed by atoms with Crippen molar-refractivity contribution in [2.75, 3.05) is 51.8 Å². The van der Waals surface area contributed by atoms with Crippen LogP contribution >= 0.6 is 0 Å². The Morgan fingerprint density at radius 3 is 2.45 bits per heavy atom. The SMILES string of the molecule is COc1ccc(CCNC(=O)c2cccnc2N2CCN(C(=O)[C@@H]3C[C@H]3c3ccccc3)CC2)cc1OC. The second-order valence-corrected chi connectivity index (χ2v) is 9.74. The van der Waals surface area contributed by atoms with Gasteiger partial charge in [0, 0.05) is 44.8 Å². The summed E-state index contributed by atoms with van der Waals surface area (Å²) in [5, 5.41) is 3.02. The van der Waals surface area contributed by atoms with Crippen molar-refractivity contribution in [3.63, 3.8) is 0 Å². The van der Waals surface area contributed by atoms with Crippen molar-refractivity contribution in [2.24, 2.45) is 5.92 Å². The molecule has 2 heterocycles. The van der Waals surface area contributed by atoms with Gasteiger partial charge in [0.25, 0.3) is 5.91 Å². The highest BCUT2D eigenvalue weighted by molar-refractivity contribution is 5.99. The highest BCUT2D eigenvalue weighted by Gasteiger charge is 2.46. The van der Waals surface area contributed by atoms with Gasteiger partial charge in [0.1, 0.15) is 5.82 Å². The highest BCUT2D eigenvalue weighted by Crippen LogP contribution is 2.48. The molecule has 2 atom stereocenters. The van der Waals surface area contributed by atoms with Crippen LogP contribution in [0.25, 0.3) is 0 Å². The van der Waals surface area contributed by atoms with Crippen molar-refractivity contribution in [1.29, 1.82) is 0 Å². The molecule has 1 aliphatic carbocycles. The van der Waals surface area contributed by atoms with E-state index in [1.54, 1.807) is 32.5 Å². The van der Waals surface area contributed by atoms with Crippen LogP contribution in [-0.2, 0) is 11.2 Å². The van der Waals surface area contributed by atoms with E-state index in [0.717, 1.165) is 12.0 Å². The fourth-order valence-electron chi connectivity index (χ4n) is 5.19. The third-order valence-electron chi connectivity index (χ3n) is 7.40. The molecule has 198 valence electrons.